The molecule has 1 aliphatic heterocycles. The zero-order valence-corrected chi connectivity index (χ0v) is 14.8. The van der Waals surface area contributed by atoms with E-state index >= 15 is 0 Å². The first-order valence-electron chi connectivity index (χ1n) is 8.69. The second-order valence-electron chi connectivity index (χ2n) is 6.29. The summed E-state index contributed by atoms with van der Waals surface area (Å²) in [5, 5.41) is 6.48. The summed E-state index contributed by atoms with van der Waals surface area (Å²) in [6.07, 6.45) is 0.521. The van der Waals surface area contributed by atoms with Crippen molar-refractivity contribution in [3.05, 3.63) is 83.0 Å². The molecule has 1 aliphatic rings. The van der Waals surface area contributed by atoms with Crippen LogP contribution in [0.15, 0.2) is 59.1 Å². The Bertz CT molecular complexity index is 1010. The van der Waals surface area contributed by atoms with Gasteiger partial charge in [-0.25, -0.2) is 0 Å². The molecule has 8 heteroatoms. The predicted octanol–water partition coefficient (Wildman–Crippen LogP) is 1.57. The van der Waals surface area contributed by atoms with Gasteiger partial charge in [0.2, 0.25) is 11.8 Å². The van der Waals surface area contributed by atoms with E-state index in [1.807, 2.05) is 30.3 Å². The predicted molar refractivity (Wildman–Crippen MR) is 97.2 cm³/mol. The fourth-order valence-corrected chi connectivity index (χ4v) is 2.97. The van der Waals surface area contributed by atoms with E-state index in [0.717, 1.165) is 10.5 Å². The molecule has 4 rings (SSSR count). The van der Waals surface area contributed by atoms with Gasteiger partial charge in [0, 0.05) is 6.42 Å². The lowest BCUT2D eigenvalue weighted by molar-refractivity contribution is -0.121. The normalized spacial score (nSPS) is 12.9. The third-order valence-electron chi connectivity index (χ3n) is 4.33. The van der Waals surface area contributed by atoms with Crippen molar-refractivity contribution in [3.8, 4) is 0 Å². The van der Waals surface area contributed by atoms with Gasteiger partial charge >= 0.3 is 0 Å². The summed E-state index contributed by atoms with van der Waals surface area (Å²) in [6, 6.07) is 16.2. The van der Waals surface area contributed by atoms with Gasteiger partial charge in [-0.2, -0.15) is 4.98 Å². The van der Waals surface area contributed by atoms with E-state index in [1.54, 1.807) is 24.3 Å². The highest BCUT2D eigenvalue weighted by Gasteiger charge is 2.36. The second kappa shape index (κ2) is 7.43. The molecule has 0 atom stereocenters. The third-order valence-corrected chi connectivity index (χ3v) is 4.33. The van der Waals surface area contributed by atoms with Gasteiger partial charge in [0.15, 0.2) is 5.82 Å². The summed E-state index contributed by atoms with van der Waals surface area (Å²) < 4.78 is 5.13. The lowest BCUT2D eigenvalue weighted by Crippen LogP contribution is -2.40. The minimum absolute atomic E-state index is 0.0177. The van der Waals surface area contributed by atoms with Crippen molar-refractivity contribution in [1.29, 1.82) is 0 Å². The van der Waals surface area contributed by atoms with Crippen LogP contribution < -0.4 is 5.32 Å². The molecule has 28 heavy (non-hydrogen) atoms. The molecule has 0 spiro atoms. The van der Waals surface area contributed by atoms with Crippen LogP contribution >= 0.6 is 0 Å². The van der Waals surface area contributed by atoms with E-state index in [0.29, 0.717) is 23.4 Å². The number of nitrogens with zero attached hydrogens (tertiary/aromatic N) is 3. The fraction of sp³-hybridized carbons (Fsp3) is 0.150. The van der Waals surface area contributed by atoms with Gasteiger partial charge in [-0.3, -0.25) is 19.3 Å². The second-order valence-corrected chi connectivity index (χ2v) is 6.29. The van der Waals surface area contributed by atoms with Crippen molar-refractivity contribution < 1.29 is 18.9 Å². The number of benzene rings is 2. The van der Waals surface area contributed by atoms with Crippen molar-refractivity contribution in [2.75, 3.05) is 6.54 Å². The van der Waals surface area contributed by atoms with E-state index in [4.69, 9.17) is 4.52 Å². The number of carbonyl (C=O) groups is 3. The molecule has 3 amide bonds. The van der Waals surface area contributed by atoms with Gasteiger partial charge in [0.05, 0.1) is 17.7 Å². The zero-order valence-electron chi connectivity index (χ0n) is 14.8. The number of amides is 3. The van der Waals surface area contributed by atoms with Gasteiger partial charge in [-0.05, 0) is 17.7 Å². The van der Waals surface area contributed by atoms with Gasteiger partial charge < -0.3 is 9.84 Å². The molecule has 1 aromatic heterocycles. The first-order chi connectivity index (χ1) is 13.6. The number of rotatable bonds is 6. The Morgan fingerprint density at radius 3 is 2.29 bits per heavy atom. The van der Waals surface area contributed by atoms with Crippen molar-refractivity contribution in [1.82, 2.24) is 20.4 Å². The Morgan fingerprint density at radius 1 is 0.964 bits per heavy atom. The monoisotopic (exact) mass is 376 g/mol. The van der Waals surface area contributed by atoms with Crippen LogP contribution in [0.1, 0.15) is 38.0 Å². The minimum Gasteiger partial charge on any atom is -0.345 e. The van der Waals surface area contributed by atoms with Crippen LogP contribution in [-0.2, 0) is 17.8 Å². The summed E-state index contributed by atoms with van der Waals surface area (Å²) in [4.78, 5) is 41.9. The molecular weight excluding hydrogens is 360 g/mol. The largest absolute Gasteiger partial charge is 0.345 e. The van der Waals surface area contributed by atoms with E-state index in [-0.39, 0.29) is 19.0 Å². The highest BCUT2D eigenvalue weighted by molar-refractivity contribution is 6.22. The van der Waals surface area contributed by atoms with Gasteiger partial charge in [0.25, 0.3) is 11.8 Å². The molecule has 0 saturated carbocycles. The molecule has 3 aromatic rings. The standard InChI is InChI=1S/C20H16N4O4/c25-17(12-24-19(26)14-8-4-5-9-15(14)20(24)27)21-11-18-22-16(23-28-18)10-13-6-2-1-3-7-13/h1-9H,10-12H2,(H,21,25). The molecule has 2 aromatic carbocycles. The third kappa shape index (κ3) is 3.52. The summed E-state index contributed by atoms with van der Waals surface area (Å²) >= 11 is 0. The quantitative estimate of drug-likeness (QED) is 0.655. The molecule has 0 aliphatic carbocycles. The lowest BCUT2D eigenvalue weighted by atomic mass is 10.1. The maximum atomic E-state index is 12.3. The average Bonchev–Trinajstić information content (AvgIpc) is 3.26. The van der Waals surface area contributed by atoms with Crippen LogP contribution in [0.2, 0.25) is 0 Å². The maximum absolute atomic E-state index is 12.3. The molecule has 8 nitrogen and oxygen atoms in total. The Morgan fingerprint density at radius 2 is 1.61 bits per heavy atom. The number of nitrogens with one attached hydrogen (secondary N) is 1. The molecule has 0 fully saturated rings. The van der Waals surface area contributed by atoms with Crippen LogP contribution in [0.3, 0.4) is 0 Å². The van der Waals surface area contributed by atoms with E-state index in [2.05, 4.69) is 15.5 Å². The van der Waals surface area contributed by atoms with Crippen LogP contribution in [0.4, 0.5) is 0 Å². The molecule has 140 valence electrons. The topological polar surface area (TPSA) is 105 Å². The Kier molecular flexibility index (Phi) is 4.67. The van der Waals surface area contributed by atoms with Crippen LogP contribution in [0, 0.1) is 0 Å². The summed E-state index contributed by atoms with van der Waals surface area (Å²) in [5.74, 6) is -0.674. The fourth-order valence-electron chi connectivity index (χ4n) is 2.97. The van der Waals surface area contributed by atoms with Crippen molar-refractivity contribution >= 4 is 17.7 Å². The van der Waals surface area contributed by atoms with Gasteiger partial charge in [0.1, 0.15) is 6.54 Å². The van der Waals surface area contributed by atoms with Crippen LogP contribution in [0.5, 0.6) is 0 Å². The highest BCUT2D eigenvalue weighted by Crippen LogP contribution is 2.21. The number of hydrogen-bond acceptors (Lipinski definition) is 6. The van der Waals surface area contributed by atoms with Gasteiger partial charge in [-0.1, -0.05) is 47.6 Å². The Balaban J connectivity index is 1.32. The SMILES string of the molecule is O=C(CN1C(=O)c2ccccc2C1=O)NCc1nc(Cc2ccccc2)no1. The Labute approximate surface area is 160 Å². The lowest BCUT2D eigenvalue weighted by Gasteiger charge is -2.12. The van der Waals surface area contributed by atoms with Crippen molar-refractivity contribution in [2.24, 2.45) is 0 Å². The minimum atomic E-state index is -0.489. The maximum Gasteiger partial charge on any atom is 0.262 e. The van der Waals surface area contributed by atoms with E-state index < -0.39 is 17.7 Å². The van der Waals surface area contributed by atoms with Crippen LogP contribution in [0.25, 0.3) is 0 Å². The highest BCUT2D eigenvalue weighted by atomic mass is 16.5. The molecular formula is C20H16N4O4. The van der Waals surface area contributed by atoms with Gasteiger partial charge in [-0.15, -0.1) is 0 Å². The molecule has 0 unspecified atom stereocenters. The summed E-state index contributed by atoms with van der Waals surface area (Å²) in [7, 11) is 0. The molecule has 0 saturated heterocycles. The first-order valence-corrected chi connectivity index (χ1v) is 8.69. The Hall–Kier alpha value is -3.81. The summed E-state index contributed by atoms with van der Waals surface area (Å²) in [5.41, 5.74) is 1.66. The molecule has 1 N–H and O–H groups in total. The van der Waals surface area contributed by atoms with Crippen molar-refractivity contribution in [3.63, 3.8) is 0 Å². The zero-order chi connectivity index (χ0) is 19.5. The number of carbonyl (C=O) groups excluding carboxylic acids is 3. The molecule has 0 bridgehead atoms. The number of aromatic nitrogens is 2. The number of fused-ring (bicyclic) bond motifs is 1. The number of imide groups is 1. The number of hydrogen-bond donors (Lipinski definition) is 1. The van der Waals surface area contributed by atoms with E-state index in [1.165, 1.54) is 0 Å². The molecule has 0 radical (unpaired) electrons. The first kappa shape index (κ1) is 17.6. The smallest absolute Gasteiger partial charge is 0.262 e. The van der Waals surface area contributed by atoms with Crippen molar-refractivity contribution in [2.45, 2.75) is 13.0 Å². The van der Waals surface area contributed by atoms with E-state index in [9.17, 15) is 14.4 Å². The van der Waals surface area contributed by atoms with Crippen LogP contribution in [-0.4, -0.2) is 39.3 Å². The molecule has 2 heterocycles. The average molecular weight is 376 g/mol. The summed E-state index contributed by atoms with van der Waals surface area (Å²) in [6.45, 7) is -0.346.